The number of ether oxygens (including phenoxy) is 2. The third-order valence-corrected chi connectivity index (χ3v) is 4.73. The highest BCUT2D eigenvalue weighted by Crippen LogP contribution is 2.52. The van der Waals surface area contributed by atoms with Gasteiger partial charge in [-0.25, -0.2) is 0 Å². The van der Waals surface area contributed by atoms with Crippen molar-refractivity contribution < 1.29 is 14.6 Å². The van der Waals surface area contributed by atoms with Gasteiger partial charge in [-0.2, -0.15) is 0 Å². The number of aliphatic hydroxyl groups is 1. The van der Waals surface area contributed by atoms with Gasteiger partial charge >= 0.3 is 0 Å². The molecule has 2 aliphatic rings. The molecule has 4 nitrogen and oxygen atoms in total. The fourth-order valence-electron chi connectivity index (χ4n) is 3.34. The zero-order valence-electron chi connectivity index (χ0n) is 12.2. The number of nitrogens with one attached hydrogen (secondary N) is 1. The summed E-state index contributed by atoms with van der Waals surface area (Å²) in [5.41, 5.74) is -0.694. The van der Waals surface area contributed by atoms with Gasteiger partial charge in [-0.05, 0) is 31.7 Å². The molecular weight excluding hydrogens is 254 g/mol. The molecular formula is C16H23NO3. The first-order valence-electron chi connectivity index (χ1n) is 7.32. The van der Waals surface area contributed by atoms with Gasteiger partial charge in [0.15, 0.2) is 0 Å². The van der Waals surface area contributed by atoms with Crippen molar-refractivity contribution >= 4 is 0 Å². The highest BCUT2D eigenvalue weighted by atomic mass is 16.5. The Morgan fingerprint density at radius 2 is 2.15 bits per heavy atom. The lowest BCUT2D eigenvalue weighted by Crippen LogP contribution is -2.61. The molecule has 1 aromatic rings. The highest BCUT2D eigenvalue weighted by Gasteiger charge is 2.58. The second-order valence-electron chi connectivity index (χ2n) is 5.97. The van der Waals surface area contributed by atoms with Gasteiger partial charge in [0.05, 0.1) is 19.3 Å². The Balaban J connectivity index is 2.09. The molecule has 0 amide bonds. The van der Waals surface area contributed by atoms with Gasteiger partial charge in [-0.15, -0.1) is 0 Å². The molecule has 0 spiro atoms. The summed E-state index contributed by atoms with van der Waals surface area (Å²) in [7, 11) is 1.66. The number of methoxy groups -OCH3 is 1. The second-order valence-corrected chi connectivity index (χ2v) is 5.97. The zero-order valence-corrected chi connectivity index (χ0v) is 12.2. The molecule has 0 radical (unpaired) electrons. The van der Waals surface area contributed by atoms with Crippen LogP contribution < -0.4 is 10.1 Å². The van der Waals surface area contributed by atoms with Gasteiger partial charge in [0, 0.05) is 18.7 Å². The van der Waals surface area contributed by atoms with E-state index >= 15 is 0 Å². The Hall–Kier alpha value is -1.10. The quantitative estimate of drug-likeness (QED) is 0.879. The summed E-state index contributed by atoms with van der Waals surface area (Å²) < 4.78 is 11.7. The lowest BCUT2D eigenvalue weighted by Gasteiger charge is -2.48. The molecule has 0 aromatic heterocycles. The first-order chi connectivity index (χ1) is 9.62. The number of hydrogen-bond donors (Lipinski definition) is 2. The number of hydrogen-bond acceptors (Lipinski definition) is 4. The van der Waals surface area contributed by atoms with Crippen LogP contribution in [0, 0.1) is 5.92 Å². The third-order valence-electron chi connectivity index (χ3n) is 4.73. The molecule has 1 aromatic carbocycles. The summed E-state index contributed by atoms with van der Waals surface area (Å²) in [6.45, 7) is 3.93. The lowest BCUT2D eigenvalue weighted by molar-refractivity contribution is -0.203. The first kappa shape index (κ1) is 13.9. The van der Waals surface area contributed by atoms with Crippen LogP contribution in [0.4, 0.5) is 0 Å². The van der Waals surface area contributed by atoms with E-state index in [-0.39, 0.29) is 0 Å². The zero-order chi connectivity index (χ0) is 14.2. The van der Waals surface area contributed by atoms with Crippen LogP contribution in [-0.4, -0.2) is 37.5 Å². The Labute approximate surface area is 120 Å². The van der Waals surface area contributed by atoms with Gasteiger partial charge in [0.2, 0.25) is 0 Å². The van der Waals surface area contributed by atoms with Crippen molar-refractivity contribution in [2.45, 2.75) is 31.0 Å². The molecule has 2 N–H and O–H groups in total. The Kier molecular flexibility index (Phi) is 3.48. The molecule has 1 aliphatic carbocycles. The Bertz CT molecular complexity index is 476. The summed E-state index contributed by atoms with van der Waals surface area (Å²) in [6.07, 6.45) is 2.13. The van der Waals surface area contributed by atoms with Gasteiger partial charge in [-0.3, -0.25) is 0 Å². The SMILES string of the molecule is COc1ccccc1C1(C(C)(O)C2CC2)CNCCO1. The minimum Gasteiger partial charge on any atom is -0.496 e. The molecule has 2 fully saturated rings. The average Bonchev–Trinajstić information content (AvgIpc) is 3.33. The van der Waals surface area contributed by atoms with Crippen molar-refractivity contribution in [2.24, 2.45) is 5.92 Å². The van der Waals surface area contributed by atoms with Crippen LogP contribution in [0.1, 0.15) is 25.3 Å². The van der Waals surface area contributed by atoms with E-state index in [2.05, 4.69) is 5.32 Å². The molecule has 2 atom stereocenters. The number of rotatable bonds is 4. The van der Waals surface area contributed by atoms with Crippen LogP contribution in [-0.2, 0) is 10.3 Å². The van der Waals surface area contributed by atoms with Crippen LogP contribution in [0.3, 0.4) is 0 Å². The first-order valence-corrected chi connectivity index (χ1v) is 7.32. The average molecular weight is 277 g/mol. The van der Waals surface area contributed by atoms with Crippen LogP contribution in [0.5, 0.6) is 5.75 Å². The summed E-state index contributed by atoms with van der Waals surface area (Å²) in [5, 5.41) is 14.6. The van der Waals surface area contributed by atoms with Crippen molar-refractivity contribution in [3.8, 4) is 5.75 Å². The predicted octanol–water partition coefficient (Wildman–Crippen LogP) is 1.67. The summed E-state index contributed by atoms with van der Waals surface area (Å²) in [5.74, 6) is 1.07. The van der Waals surface area contributed by atoms with E-state index in [4.69, 9.17) is 9.47 Å². The van der Waals surface area contributed by atoms with Gasteiger partial charge in [0.1, 0.15) is 11.4 Å². The predicted molar refractivity (Wildman–Crippen MR) is 76.8 cm³/mol. The third kappa shape index (κ3) is 2.03. The van der Waals surface area contributed by atoms with Crippen molar-refractivity contribution in [3.05, 3.63) is 29.8 Å². The van der Waals surface area contributed by atoms with E-state index < -0.39 is 11.2 Å². The fraction of sp³-hybridized carbons (Fsp3) is 0.625. The van der Waals surface area contributed by atoms with Crippen molar-refractivity contribution in [1.29, 1.82) is 0 Å². The largest absolute Gasteiger partial charge is 0.496 e. The highest BCUT2D eigenvalue weighted by molar-refractivity contribution is 5.41. The molecule has 4 heteroatoms. The van der Waals surface area contributed by atoms with Crippen LogP contribution in [0.25, 0.3) is 0 Å². The lowest BCUT2D eigenvalue weighted by atomic mass is 9.74. The maximum atomic E-state index is 11.2. The van der Waals surface area contributed by atoms with E-state index in [1.165, 1.54) is 0 Å². The number of para-hydroxylation sites is 1. The minimum atomic E-state index is -0.894. The molecule has 110 valence electrons. The van der Waals surface area contributed by atoms with Gasteiger partial charge < -0.3 is 19.9 Å². The monoisotopic (exact) mass is 277 g/mol. The normalized spacial score (nSPS) is 29.8. The Morgan fingerprint density at radius 1 is 1.40 bits per heavy atom. The van der Waals surface area contributed by atoms with Crippen molar-refractivity contribution in [2.75, 3.05) is 26.8 Å². The molecule has 1 saturated heterocycles. The fourth-order valence-corrected chi connectivity index (χ4v) is 3.34. The maximum Gasteiger partial charge on any atom is 0.138 e. The van der Waals surface area contributed by atoms with Crippen LogP contribution in [0.2, 0.25) is 0 Å². The second kappa shape index (κ2) is 5.02. The smallest absolute Gasteiger partial charge is 0.138 e. The van der Waals surface area contributed by atoms with E-state index in [0.717, 1.165) is 30.7 Å². The van der Waals surface area contributed by atoms with Crippen molar-refractivity contribution in [3.63, 3.8) is 0 Å². The van der Waals surface area contributed by atoms with Gasteiger partial charge in [0.25, 0.3) is 0 Å². The topological polar surface area (TPSA) is 50.7 Å². The number of morpholine rings is 1. The van der Waals surface area contributed by atoms with Crippen LogP contribution in [0.15, 0.2) is 24.3 Å². The summed E-state index contributed by atoms with van der Waals surface area (Å²) in [4.78, 5) is 0. The van der Waals surface area contributed by atoms with E-state index in [1.807, 2.05) is 31.2 Å². The Morgan fingerprint density at radius 3 is 2.75 bits per heavy atom. The van der Waals surface area contributed by atoms with E-state index in [0.29, 0.717) is 19.1 Å². The molecule has 20 heavy (non-hydrogen) atoms. The van der Waals surface area contributed by atoms with Gasteiger partial charge in [-0.1, -0.05) is 18.2 Å². The summed E-state index contributed by atoms with van der Waals surface area (Å²) >= 11 is 0. The van der Waals surface area contributed by atoms with E-state index in [9.17, 15) is 5.11 Å². The molecule has 2 unspecified atom stereocenters. The molecule has 1 saturated carbocycles. The molecule has 1 heterocycles. The molecule has 0 bridgehead atoms. The maximum absolute atomic E-state index is 11.2. The molecule has 1 aliphatic heterocycles. The standard InChI is InChI=1S/C16H23NO3/c1-15(18,12-7-8-12)16(11-17-9-10-20-16)13-5-3-4-6-14(13)19-2/h3-6,12,17-18H,7-11H2,1-2H3. The molecule has 3 rings (SSSR count). The summed E-state index contributed by atoms with van der Waals surface area (Å²) in [6, 6.07) is 7.85. The van der Waals surface area contributed by atoms with Crippen LogP contribution >= 0.6 is 0 Å². The number of benzene rings is 1. The van der Waals surface area contributed by atoms with E-state index in [1.54, 1.807) is 7.11 Å². The van der Waals surface area contributed by atoms with Crippen molar-refractivity contribution in [1.82, 2.24) is 5.32 Å². The minimum absolute atomic E-state index is 0.298.